The fourth-order valence-corrected chi connectivity index (χ4v) is 2.62. The van der Waals surface area contributed by atoms with Crippen molar-refractivity contribution in [3.63, 3.8) is 0 Å². The van der Waals surface area contributed by atoms with Gasteiger partial charge in [-0.05, 0) is 43.0 Å². The summed E-state index contributed by atoms with van der Waals surface area (Å²) in [4.78, 5) is 12.2. The number of aryl methyl sites for hydroxylation is 2. The monoisotopic (exact) mass is 302 g/mol. The Hall–Kier alpha value is -1.84. The van der Waals surface area contributed by atoms with E-state index in [1.165, 1.54) is 0 Å². The number of anilines is 1. The molecule has 0 aromatic heterocycles. The molecule has 2 aromatic rings. The summed E-state index contributed by atoms with van der Waals surface area (Å²) in [6.45, 7) is 3.88. The molecule has 21 heavy (non-hydrogen) atoms. The predicted octanol–water partition coefficient (Wildman–Crippen LogP) is 3.47. The van der Waals surface area contributed by atoms with Crippen molar-refractivity contribution >= 4 is 23.2 Å². The molecule has 4 heteroatoms. The molecule has 3 N–H and O–H groups in total. The smallest absolute Gasteiger partial charge is 0.241 e. The van der Waals surface area contributed by atoms with Gasteiger partial charge in [0.25, 0.3) is 0 Å². The Bertz CT molecular complexity index is 617. The fraction of sp³-hybridized carbons (Fsp3) is 0.235. The number of carbonyl (C=O) groups excluding carboxylic acids is 1. The van der Waals surface area contributed by atoms with Crippen LogP contribution in [0.2, 0.25) is 5.02 Å². The lowest BCUT2D eigenvalue weighted by Gasteiger charge is -2.15. The van der Waals surface area contributed by atoms with E-state index in [0.29, 0.717) is 17.1 Å². The molecule has 0 heterocycles. The summed E-state index contributed by atoms with van der Waals surface area (Å²) >= 11 is 6.19. The van der Waals surface area contributed by atoms with Gasteiger partial charge in [0.05, 0.1) is 16.8 Å². The standard InChI is InChI=1S/C17H19ClN2O/c1-11-8-12(2)16(14(18)9-11)20-17(21)15(19)10-13-6-4-3-5-7-13/h3-9,15H,10,19H2,1-2H3,(H,20,21). The number of rotatable bonds is 4. The zero-order valence-electron chi connectivity index (χ0n) is 12.2. The minimum absolute atomic E-state index is 0.229. The van der Waals surface area contributed by atoms with E-state index in [1.54, 1.807) is 0 Å². The molecule has 0 saturated heterocycles. The van der Waals surface area contributed by atoms with Crippen LogP contribution < -0.4 is 11.1 Å². The van der Waals surface area contributed by atoms with Gasteiger partial charge in [-0.15, -0.1) is 0 Å². The Morgan fingerprint density at radius 2 is 1.90 bits per heavy atom. The first kappa shape index (κ1) is 15.5. The second-order valence-electron chi connectivity index (χ2n) is 5.22. The van der Waals surface area contributed by atoms with Gasteiger partial charge in [0.2, 0.25) is 5.91 Å². The summed E-state index contributed by atoms with van der Waals surface area (Å²) in [5, 5.41) is 3.36. The highest BCUT2D eigenvalue weighted by molar-refractivity contribution is 6.34. The van der Waals surface area contributed by atoms with Gasteiger partial charge in [0.15, 0.2) is 0 Å². The first-order chi connectivity index (χ1) is 9.97. The molecule has 2 aromatic carbocycles. The molecular formula is C17H19ClN2O. The topological polar surface area (TPSA) is 55.1 Å². The summed E-state index contributed by atoms with van der Waals surface area (Å²) in [5.74, 6) is -0.229. The Labute approximate surface area is 130 Å². The van der Waals surface area contributed by atoms with E-state index in [1.807, 2.05) is 56.3 Å². The number of hydrogen-bond acceptors (Lipinski definition) is 2. The van der Waals surface area contributed by atoms with E-state index in [4.69, 9.17) is 17.3 Å². The average molecular weight is 303 g/mol. The summed E-state index contributed by atoms with van der Waals surface area (Å²) in [5.41, 5.74) is 9.63. The van der Waals surface area contributed by atoms with E-state index in [9.17, 15) is 4.79 Å². The lowest BCUT2D eigenvalue weighted by atomic mass is 10.1. The number of benzene rings is 2. The quantitative estimate of drug-likeness (QED) is 0.908. The second kappa shape index (κ2) is 6.74. The van der Waals surface area contributed by atoms with E-state index in [-0.39, 0.29) is 5.91 Å². The van der Waals surface area contributed by atoms with E-state index in [2.05, 4.69) is 5.32 Å². The van der Waals surface area contributed by atoms with Crippen molar-refractivity contribution in [1.82, 2.24) is 0 Å². The molecule has 0 radical (unpaired) electrons. The van der Waals surface area contributed by atoms with Crippen LogP contribution in [0.3, 0.4) is 0 Å². The number of halogens is 1. The van der Waals surface area contributed by atoms with Gasteiger partial charge in [0, 0.05) is 0 Å². The molecule has 0 fully saturated rings. The molecule has 0 aliphatic carbocycles. The minimum atomic E-state index is -0.607. The van der Waals surface area contributed by atoms with Crippen LogP contribution in [0.25, 0.3) is 0 Å². The maximum atomic E-state index is 12.2. The molecule has 0 saturated carbocycles. The van der Waals surface area contributed by atoms with Crippen molar-refractivity contribution in [2.45, 2.75) is 26.3 Å². The fourth-order valence-electron chi connectivity index (χ4n) is 2.25. The van der Waals surface area contributed by atoms with Crippen molar-refractivity contribution < 1.29 is 4.79 Å². The van der Waals surface area contributed by atoms with Crippen LogP contribution in [-0.2, 0) is 11.2 Å². The zero-order chi connectivity index (χ0) is 15.4. The Morgan fingerprint density at radius 3 is 2.52 bits per heavy atom. The molecule has 0 bridgehead atoms. The molecule has 0 aliphatic rings. The van der Waals surface area contributed by atoms with Crippen LogP contribution in [0.5, 0.6) is 0 Å². The van der Waals surface area contributed by atoms with Crippen LogP contribution in [0.15, 0.2) is 42.5 Å². The van der Waals surface area contributed by atoms with Crippen molar-refractivity contribution in [2.24, 2.45) is 5.73 Å². The van der Waals surface area contributed by atoms with Crippen LogP contribution in [0.4, 0.5) is 5.69 Å². The van der Waals surface area contributed by atoms with Gasteiger partial charge < -0.3 is 11.1 Å². The number of nitrogens with two attached hydrogens (primary N) is 1. The third-order valence-electron chi connectivity index (χ3n) is 3.32. The molecule has 0 aliphatic heterocycles. The van der Waals surface area contributed by atoms with Crippen LogP contribution >= 0.6 is 11.6 Å². The molecule has 3 nitrogen and oxygen atoms in total. The molecule has 1 unspecified atom stereocenters. The van der Waals surface area contributed by atoms with Gasteiger partial charge in [0.1, 0.15) is 0 Å². The first-order valence-corrected chi connectivity index (χ1v) is 7.22. The maximum Gasteiger partial charge on any atom is 0.241 e. The largest absolute Gasteiger partial charge is 0.323 e. The van der Waals surface area contributed by atoms with E-state index in [0.717, 1.165) is 16.7 Å². The highest BCUT2D eigenvalue weighted by Crippen LogP contribution is 2.27. The minimum Gasteiger partial charge on any atom is -0.323 e. The number of nitrogens with one attached hydrogen (secondary N) is 1. The first-order valence-electron chi connectivity index (χ1n) is 6.84. The third kappa shape index (κ3) is 4.06. The summed E-state index contributed by atoms with van der Waals surface area (Å²) in [6.07, 6.45) is 0.495. The molecule has 0 spiro atoms. The number of carbonyl (C=O) groups is 1. The molecule has 110 valence electrons. The average Bonchev–Trinajstić information content (AvgIpc) is 2.43. The number of amides is 1. The lowest BCUT2D eigenvalue weighted by molar-refractivity contribution is -0.117. The van der Waals surface area contributed by atoms with Gasteiger partial charge in [-0.3, -0.25) is 4.79 Å². The molecule has 2 rings (SSSR count). The van der Waals surface area contributed by atoms with Gasteiger partial charge >= 0.3 is 0 Å². The lowest BCUT2D eigenvalue weighted by Crippen LogP contribution is -2.37. The Kier molecular flexibility index (Phi) is 4.99. The van der Waals surface area contributed by atoms with Gasteiger partial charge in [-0.25, -0.2) is 0 Å². The summed E-state index contributed by atoms with van der Waals surface area (Å²) in [6, 6.07) is 12.9. The van der Waals surface area contributed by atoms with E-state index >= 15 is 0 Å². The van der Waals surface area contributed by atoms with Gasteiger partial charge in [-0.1, -0.05) is 48.0 Å². The highest BCUT2D eigenvalue weighted by Gasteiger charge is 2.16. The Morgan fingerprint density at radius 1 is 1.24 bits per heavy atom. The third-order valence-corrected chi connectivity index (χ3v) is 3.61. The van der Waals surface area contributed by atoms with Crippen molar-refractivity contribution in [1.29, 1.82) is 0 Å². The Balaban J connectivity index is 2.08. The normalized spacial score (nSPS) is 12.0. The SMILES string of the molecule is Cc1cc(C)c(NC(=O)C(N)Cc2ccccc2)c(Cl)c1. The zero-order valence-corrected chi connectivity index (χ0v) is 12.9. The summed E-state index contributed by atoms with van der Waals surface area (Å²) < 4.78 is 0. The van der Waals surface area contributed by atoms with E-state index < -0.39 is 6.04 Å². The summed E-state index contributed by atoms with van der Waals surface area (Å²) in [7, 11) is 0. The highest BCUT2D eigenvalue weighted by atomic mass is 35.5. The van der Waals surface area contributed by atoms with Crippen molar-refractivity contribution in [3.8, 4) is 0 Å². The van der Waals surface area contributed by atoms with Gasteiger partial charge in [-0.2, -0.15) is 0 Å². The molecule has 1 amide bonds. The molecular weight excluding hydrogens is 284 g/mol. The second-order valence-corrected chi connectivity index (χ2v) is 5.63. The molecule has 1 atom stereocenters. The maximum absolute atomic E-state index is 12.2. The number of hydrogen-bond donors (Lipinski definition) is 2. The van der Waals surface area contributed by atoms with Crippen LogP contribution in [0.1, 0.15) is 16.7 Å². The van der Waals surface area contributed by atoms with Crippen LogP contribution in [0, 0.1) is 13.8 Å². The van der Waals surface area contributed by atoms with Crippen molar-refractivity contribution in [2.75, 3.05) is 5.32 Å². The predicted molar refractivity (Wildman–Crippen MR) is 87.7 cm³/mol. The van der Waals surface area contributed by atoms with Crippen molar-refractivity contribution in [3.05, 3.63) is 64.2 Å². The van der Waals surface area contributed by atoms with Crippen LogP contribution in [-0.4, -0.2) is 11.9 Å².